The van der Waals surface area contributed by atoms with Crippen molar-refractivity contribution in [2.24, 2.45) is 0 Å². The number of aliphatic hydroxyl groups excluding tert-OH is 9. The largest absolute Gasteiger partial charge is 0.394 e. The second kappa shape index (κ2) is 63.4. The molecule has 48 nitrogen and oxygen atoms in total. The van der Waals surface area contributed by atoms with Crippen LogP contribution in [-0.4, -0.2) is 404 Å². The van der Waals surface area contributed by atoms with Crippen LogP contribution in [0.1, 0.15) is 155 Å². The van der Waals surface area contributed by atoms with E-state index in [9.17, 15) is 103 Å². The summed E-state index contributed by atoms with van der Waals surface area (Å²) in [5.74, 6) is -3.21. The molecule has 22 N–H and O–H groups in total. The summed E-state index contributed by atoms with van der Waals surface area (Å²) in [6, 6.07) is -3.16. The number of urea groups is 1. The molecule has 5 fully saturated rings. The summed E-state index contributed by atoms with van der Waals surface area (Å²) in [5.41, 5.74) is -1.06. The Bertz CT molecular complexity index is 3330. The minimum atomic E-state index is -1.53. The van der Waals surface area contributed by atoms with Gasteiger partial charge in [0.15, 0.2) is 18.9 Å². The fourth-order valence-electron chi connectivity index (χ4n) is 14.6. The summed E-state index contributed by atoms with van der Waals surface area (Å²) < 4.78 is 65.2. The molecule has 2 unspecified atom stereocenters. The first-order valence-electron chi connectivity index (χ1n) is 45.2. The van der Waals surface area contributed by atoms with Crippen molar-refractivity contribution in [1.82, 2.24) is 84.1 Å². The van der Waals surface area contributed by atoms with E-state index in [4.69, 9.17) is 52.1 Å². The van der Waals surface area contributed by atoms with Gasteiger partial charge in [0.1, 0.15) is 78.6 Å². The minimum Gasteiger partial charge on any atom is -0.394 e. The Hall–Kier alpha value is -7.87. The number of ether oxygens (including phenoxy) is 11. The predicted molar refractivity (Wildman–Crippen MR) is 462 cm³/mol. The van der Waals surface area contributed by atoms with E-state index in [1.165, 1.54) is 20.8 Å². The number of hydrogen-bond acceptors (Lipinski definition) is 35. The highest BCUT2D eigenvalue weighted by Gasteiger charge is 2.49. The molecule has 49 heteroatoms. The van der Waals surface area contributed by atoms with Gasteiger partial charge in [-0.2, -0.15) is 11.8 Å². The van der Waals surface area contributed by atoms with Gasteiger partial charge in [-0.3, -0.25) is 52.7 Å². The summed E-state index contributed by atoms with van der Waals surface area (Å²) in [6.07, 6.45) is -7.92. The van der Waals surface area contributed by atoms with Crippen LogP contribution in [0.15, 0.2) is 6.20 Å². The standard InChI is InChI=1S/C82H142N16O32S/c1-51(102)90-69-75(116)72(113)56(44-99)128-78(69)125-33-9-6-17-60(105)83-25-12-28-86-64(109)22-36-122-48-82(49-123-37-23-65(110)87-29-13-26-84-61(106)18-7-10-34-126-79-70(91-52(2)103)76(117)73(114)57(45-100)129-79,50-124-38-24-66(111)88-30-14-27-85-62(107)19-8-11-35-127-80-71(92-53(3)104)77(118)74(115)58(46-101)130-80)95-67(112)21-20-54-43-98(97-96-54)32-40-121-42-41-120-39-31-89-63(108)16-5-4-15-59-68-55(47-131-59)93-81(119)94-68/h43,55-59,68-80,99-101,113-118H,4-42,44-50H2,1-3H3,(H,83,105)(H,84,106)(H,85,107)(H,86,109)(H,87,110)(H,88,111)(H,89,108)(H,90,102)(H,91,103)(H,92,104)(H,95,112)(H2,93,94,119)/t55-,56+,57+,58+,59-,68-,69+,70+,71+,72-,73-,74-,75+,76+,77+,78+,79?,80?,82?/m0/s1. The van der Waals surface area contributed by atoms with Crippen LogP contribution >= 0.6 is 11.8 Å². The number of fused-ring (bicyclic) bond motifs is 1. The molecule has 0 aromatic carbocycles. The predicted octanol–water partition coefficient (Wildman–Crippen LogP) is -7.58. The zero-order valence-corrected chi connectivity index (χ0v) is 76.0. The molecule has 13 amide bonds. The number of nitrogens with one attached hydrogen (secondary N) is 13. The topological polar surface area (TPSA) is 676 Å². The van der Waals surface area contributed by atoms with Crippen LogP contribution in [0.3, 0.4) is 0 Å². The molecule has 0 spiro atoms. The molecule has 0 bridgehead atoms. The highest BCUT2D eigenvalue weighted by atomic mass is 32.2. The number of amides is 13. The SMILES string of the molecule is CC(=O)N[C@H]1[C@H](OCCCCC(=O)NCCCNC(=O)CCOCC(COCCC(=O)NCCCNC(=O)CCCCOC2O[C@H](CO)[C@H](O)[C@H](O)[C@H]2NC(C)=O)(COCCC(=O)NCCCNC(=O)CCCCOC2O[C@H](CO)[C@H](O)[C@H](O)[C@H]2NC(C)=O)NC(=O)CCc2cn(CCOCCOCCNC(=O)CCCC[C@@H]3SC[C@@H]4NC(=O)N[C@@H]43)nn2)O[C@H](CO)[C@H](O)[C@@H]1O. The van der Waals surface area contributed by atoms with Crippen molar-refractivity contribution in [2.45, 2.75) is 277 Å². The molecule has 18 atom stereocenters. The molecule has 6 heterocycles. The van der Waals surface area contributed by atoms with Crippen LogP contribution in [0.5, 0.6) is 0 Å². The first kappa shape index (κ1) is 112. The van der Waals surface area contributed by atoms with Gasteiger partial charge in [0.25, 0.3) is 0 Å². The van der Waals surface area contributed by atoms with Crippen LogP contribution in [0.2, 0.25) is 0 Å². The second-order valence-corrected chi connectivity index (χ2v) is 33.9. The van der Waals surface area contributed by atoms with E-state index in [1.54, 1.807) is 10.9 Å². The van der Waals surface area contributed by atoms with Gasteiger partial charge >= 0.3 is 6.03 Å². The Balaban J connectivity index is 0.976. The fraction of sp³-hybridized carbons (Fsp3) is 0.829. The number of rotatable bonds is 69. The van der Waals surface area contributed by atoms with Crippen molar-refractivity contribution in [3.05, 3.63) is 11.9 Å². The summed E-state index contributed by atoms with van der Waals surface area (Å²) in [6.45, 7) is 3.53. The lowest BCUT2D eigenvalue weighted by Crippen LogP contribution is -2.64. The summed E-state index contributed by atoms with van der Waals surface area (Å²) in [5, 5.41) is 136. The number of unbranched alkanes of at least 4 members (excludes halogenated alkanes) is 4. The number of nitrogens with zero attached hydrogens (tertiary/aromatic N) is 3. The maximum atomic E-state index is 14.2. The number of aliphatic hydroxyl groups is 9. The second-order valence-electron chi connectivity index (χ2n) is 32.6. The van der Waals surface area contributed by atoms with E-state index in [2.05, 4.69) is 79.4 Å². The van der Waals surface area contributed by atoms with Crippen LogP contribution in [0, 0.1) is 0 Å². The molecule has 0 saturated carbocycles. The molecule has 0 aliphatic carbocycles. The van der Waals surface area contributed by atoms with E-state index in [-0.39, 0.29) is 212 Å². The van der Waals surface area contributed by atoms with Crippen LogP contribution < -0.4 is 69.1 Å². The number of thioether (sulfide) groups is 1. The molecule has 5 aliphatic heterocycles. The first-order valence-corrected chi connectivity index (χ1v) is 46.3. The van der Waals surface area contributed by atoms with Crippen molar-refractivity contribution in [1.29, 1.82) is 0 Å². The molecular formula is C82H142N16O32S. The van der Waals surface area contributed by atoms with Crippen LogP contribution in [0.4, 0.5) is 4.79 Å². The fourth-order valence-corrected chi connectivity index (χ4v) is 16.1. The highest BCUT2D eigenvalue weighted by molar-refractivity contribution is 8.00. The van der Waals surface area contributed by atoms with Crippen molar-refractivity contribution in [3.8, 4) is 0 Å². The Morgan fingerprint density at radius 1 is 0.427 bits per heavy atom. The third kappa shape index (κ3) is 43.6. The third-order valence-corrected chi connectivity index (χ3v) is 23.1. The molecule has 5 aliphatic rings. The molecule has 0 radical (unpaired) electrons. The highest BCUT2D eigenvalue weighted by Crippen LogP contribution is 2.34. The number of hydrogen-bond donors (Lipinski definition) is 22. The van der Waals surface area contributed by atoms with Gasteiger partial charge in [0.2, 0.25) is 65.0 Å². The lowest BCUT2D eigenvalue weighted by molar-refractivity contribution is -0.270. The quantitative estimate of drug-likeness (QED) is 0.0213. The summed E-state index contributed by atoms with van der Waals surface area (Å²) in [7, 11) is 0. The van der Waals surface area contributed by atoms with Gasteiger partial charge in [-0.15, -0.1) is 5.10 Å². The maximum absolute atomic E-state index is 14.2. The van der Waals surface area contributed by atoms with Crippen molar-refractivity contribution < 1.29 is 156 Å². The Labute approximate surface area is 765 Å². The zero-order valence-electron chi connectivity index (χ0n) is 75.2. The van der Waals surface area contributed by atoms with Crippen LogP contribution in [0.25, 0.3) is 0 Å². The van der Waals surface area contributed by atoms with Gasteiger partial charge in [0, 0.05) is 161 Å². The van der Waals surface area contributed by atoms with E-state index < -0.39 is 159 Å². The number of carbonyl (C=O) groups excluding carboxylic acids is 12. The lowest BCUT2D eigenvalue weighted by Gasteiger charge is -2.42. The van der Waals surface area contributed by atoms with Gasteiger partial charge in [0.05, 0.1) is 110 Å². The van der Waals surface area contributed by atoms with Gasteiger partial charge < -0.3 is 167 Å². The average Bonchev–Trinajstić information content (AvgIpc) is 1.41. The molecule has 748 valence electrons. The van der Waals surface area contributed by atoms with E-state index in [1.807, 2.05) is 11.8 Å². The van der Waals surface area contributed by atoms with E-state index in [0.29, 0.717) is 94.8 Å². The smallest absolute Gasteiger partial charge is 0.315 e. The first-order chi connectivity index (χ1) is 63.0. The third-order valence-electron chi connectivity index (χ3n) is 21.6. The molecular weight excluding hydrogens is 1750 g/mol. The van der Waals surface area contributed by atoms with Crippen molar-refractivity contribution in [3.63, 3.8) is 0 Å². The summed E-state index contributed by atoms with van der Waals surface area (Å²) >= 11 is 1.84. The zero-order chi connectivity index (χ0) is 95.3. The number of aromatic nitrogens is 3. The van der Waals surface area contributed by atoms with E-state index >= 15 is 0 Å². The number of aryl methyl sites for hydroxylation is 1. The molecule has 6 rings (SSSR count). The summed E-state index contributed by atoms with van der Waals surface area (Å²) in [4.78, 5) is 151. The van der Waals surface area contributed by atoms with Crippen molar-refractivity contribution >= 4 is 82.8 Å². The minimum absolute atomic E-state index is 0.0589. The van der Waals surface area contributed by atoms with Gasteiger partial charge in [-0.1, -0.05) is 11.6 Å². The normalized spacial score (nSPS) is 25.0. The monoisotopic (exact) mass is 1890 g/mol. The Kier molecular flexibility index (Phi) is 54.1. The molecule has 131 heavy (non-hydrogen) atoms. The van der Waals surface area contributed by atoms with Crippen molar-refractivity contribution in [2.75, 3.05) is 157 Å². The molecule has 5 saturated heterocycles. The average molecular weight is 1900 g/mol. The number of carbonyl (C=O) groups is 12. The maximum Gasteiger partial charge on any atom is 0.315 e. The van der Waals surface area contributed by atoms with Crippen LogP contribution in [-0.2, 0) is 118 Å². The molecule has 1 aromatic heterocycles. The van der Waals surface area contributed by atoms with Gasteiger partial charge in [-0.05, 0) is 70.6 Å². The lowest BCUT2D eigenvalue weighted by atomic mass is 9.97. The van der Waals surface area contributed by atoms with Gasteiger partial charge in [-0.25, -0.2) is 9.48 Å². The Morgan fingerprint density at radius 3 is 1.18 bits per heavy atom. The Morgan fingerprint density at radius 2 is 0.794 bits per heavy atom. The van der Waals surface area contributed by atoms with E-state index in [0.717, 1.165) is 25.0 Å². The molecule has 1 aromatic rings.